The summed E-state index contributed by atoms with van der Waals surface area (Å²) in [5, 5.41) is 8.65. The molecule has 3 N–H and O–H groups in total. The van der Waals surface area contributed by atoms with Crippen LogP contribution in [-0.2, 0) is 0 Å². The molecule has 3 heteroatoms. The first-order chi connectivity index (χ1) is 3.18. The summed E-state index contributed by atoms with van der Waals surface area (Å²) in [6.07, 6.45) is -0.433. The van der Waals surface area contributed by atoms with E-state index in [9.17, 15) is 0 Å². The summed E-state index contributed by atoms with van der Waals surface area (Å²) in [6, 6.07) is -0.177. The predicted octanol–water partition coefficient (Wildman–Crippen LogP) is -0.376. The summed E-state index contributed by atoms with van der Waals surface area (Å²) >= 11 is 3.87. The maximum atomic E-state index is 8.65. The smallest absolute Gasteiger partial charge is 0.0670 e. The summed E-state index contributed by atoms with van der Waals surface area (Å²) in [5.74, 6) is 0.539. The minimum Gasteiger partial charge on any atom is -0.392 e. The van der Waals surface area contributed by atoms with Crippen LogP contribution in [0, 0.1) is 0 Å². The second kappa shape index (κ2) is 3.29. The van der Waals surface area contributed by atoms with Crippen LogP contribution in [0.2, 0.25) is 0 Å². The number of aliphatic hydroxyl groups excluding tert-OH is 1. The lowest BCUT2D eigenvalue weighted by atomic mass is 10.2. The highest BCUT2D eigenvalue weighted by Gasteiger charge is 2.04. The second-order valence-corrected chi connectivity index (χ2v) is 1.95. The summed E-state index contributed by atoms with van der Waals surface area (Å²) in [4.78, 5) is 0. The van der Waals surface area contributed by atoms with E-state index in [1.165, 1.54) is 0 Å². The number of nitrogens with two attached hydrogens (primary N) is 1. The monoisotopic (exact) mass is 121 g/mol. The molecule has 0 saturated carbocycles. The minimum atomic E-state index is -0.433. The molecule has 0 aliphatic carbocycles. The average Bonchev–Trinajstić information content (AvgIpc) is 1.65. The molecule has 0 amide bonds. The molecule has 0 aromatic rings. The first-order valence-corrected chi connectivity index (χ1v) is 2.86. The van der Waals surface area contributed by atoms with Gasteiger partial charge in [0, 0.05) is 11.8 Å². The molecule has 44 valence electrons. The first kappa shape index (κ1) is 7.27. The van der Waals surface area contributed by atoms with Gasteiger partial charge >= 0.3 is 0 Å². The van der Waals surface area contributed by atoms with Crippen LogP contribution >= 0.6 is 12.6 Å². The Balaban J connectivity index is 3.14. The molecule has 2 nitrogen and oxygen atoms in total. The van der Waals surface area contributed by atoms with E-state index in [-0.39, 0.29) is 6.04 Å². The number of aliphatic hydroxyl groups is 1. The molecule has 0 spiro atoms. The Morgan fingerprint density at radius 2 is 2.29 bits per heavy atom. The topological polar surface area (TPSA) is 46.2 Å². The molecule has 0 fully saturated rings. The van der Waals surface area contributed by atoms with Gasteiger partial charge in [-0.15, -0.1) is 0 Å². The Bertz CT molecular complexity index is 49.0. The van der Waals surface area contributed by atoms with Crippen molar-refractivity contribution in [3.63, 3.8) is 0 Å². The van der Waals surface area contributed by atoms with E-state index in [1.807, 2.05) is 0 Å². The first-order valence-electron chi connectivity index (χ1n) is 2.23. The maximum absolute atomic E-state index is 8.65. The fourth-order valence-corrected chi connectivity index (χ4v) is 0.458. The Morgan fingerprint density at radius 3 is 2.29 bits per heavy atom. The number of hydrogen-bond acceptors (Lipinski definition) is 3. The zero-order valence-corrected chi connectivity index (χ0v) is 5.23. The summed E-state index contributed by atoms with van der Waals surface area (Å²) in [7, 11) is 0. The van der Waals surface area contributed by atoms with Gasteiger partial charge in [0.05, 0.1) is 6.10 Å². The normalized spacial score (nSPS) is 18.9. The van der Waals surface area contributed by atoms with E-state index in [0.29, 0.717) is 5.75 Å². The number of rotatable bonds is 2. The van der Waals surface area contributed by atoms with Crippen molar-refractivity contribution in [2.24, 2.45) is 5.73 Å². The molecule has 7 heavy (non-hydrogen) atoms. The third-order valence-corrected chi connectivity index (χ3v) is 1.25. The average molecular weight is 121 g/mol. The van der Waals surface area contributed by atoms with Crippen molar-refractivity contribution in [3.05, 3.63) is 0 Å². The van der Waals surface area contributed by atoms with Gasteiger partial charge in [0.1, 0.15) is 0 Å². The summed E-state index contributed by atoms with van der Waals surface area (Å²) in [5.41, 5.74) is 5.29. The van der Waals surface area contributed by atoms with Crippen molar-refractivity contribution in [2.45, 2.75) is 19.1 Å². The van der Waals surface area contributed by atoms with Gasteiger partial charge in [0.2, 0.25) is 0 Å². The zero-order chi connectivity index (χ0) is 5.86. The van der Waals surface area contributed by atoms with Gasteiger partial charge in [0.15, 0.2) is 0 Å². The molecule has 0 aliphatic heterocycles. The van der Waals surface area contributed by atoms with E-state index in [2.05, 4.69) is 12.6 Å². The van der Waals surface area contributed by atoms with E-state index >= 15 is 0 Å². The fourth-order valence-electron chi connectivity index (χ4n) is 0.153. The predicted molar refractivity (Wildman–Crippen MR) is 33.5 cm³/mol. The third-order valence-electron chi connectivity index (χ3n) is 0.830. The van der Waals surface area contributed by atoms with E-state index in [4.69, 9.17) is 10.8 Å². The minimum absolute atomic E-state index is 0.177. The molecule has 0 heterocycles. The Morgan fingerprint density at radius 1 is 1.86 bits per heavy atom. The van der Waals surface area contributed by atoms with Crippen molar-refractivity contribution in [1.29, 1.82) is 0 Å². The van der Waals surface area contributed by atoms with E-state index in [0.717, 1.165) is 0 Å². The lowest BCUT2D eigenvalue weighted by Gasteiger charge is -2.09. The van der Waals surface area contributed by atoms with Crippen molar-refractivity contribution in [2.75, 3.05) is 5.75 Å². The van der Waals surface area contributed by atoms with Gasteiger partial charge in [-0.2, -0.15) is 12.6 Å². The van der Waals surface area contributed by atoms with Crippen molar-refractivity contribution in [1.82, 2.24) is 0 Å². The third kappa shape index (κ3) is 2.91. The quantitative estimate of drug-likeness (QED) is 0.436. The van der Waals surface area contributed by atoms with Crippen molar-refractivity contribution < 1.29 is 5.11 Å². The molecular formula is C4H11NOS. The van der Waals surface area contributed by atoms with Gasteiger partial charge in [-0.1, -0.05) is 0 Å². The van der Waals surface area contributed by atoms with Crippen LogP contribution in [0.3, 0.4) is 0 Å². The lowest BCUT2D eigenvalue weighted by Crippen LogP contribution is -2.33. The molecule has 0 rings (SSSR count). The van der Waals surface area contributed by atoms with E-state index < -0.39 is 6.10 Å². The molecular weight excluding hydrogens is 110 g/mol. The number of hydrogen-bond donors (Lipinski definition) is 3. The summed E-state index contributed by atoms with van der Waals surface area (Å²) < 4.78 is 0. The van der Waals surface area contributed by atoms with Gasteiger partial charge in [0.25, 0.3) is 0 Å². The van der Waals surface area contributed by atoms with Crippen LogP contribution in [0.5, 0.6) is 0 Å². The van der Waals surface area contributed by atoms with Crippen LogP contribution in [0.25, 0.3) is 0 Å². The van der Waals surface area contributed by atoms with Crippen molar-refractivity contribution in [3.8, 4) is 0 Å². The van der Waals surface area contributed by atoms with Crippen molar-refractivity contribution >= 4 is 12.6 Å². The molecule has 0 bridgehead atoms. The molecule has 0 aromatic carbocycles. The highest BCUT2D eigenvalue weighted by Crippen LogP contribution is 1.88. The van der Waals surface area contributed by atoms with Gasteiger partial charge in [-0.25, -0.2) is 0 Å². The Kier molecular flexibility index (Phi) is 3.42. The Hall–Kier alpha value is 0.270. The molecule has 0 aromatic heterocycles. The maximum Gasteiger partial charge on any atom is 0.0670 e. The van der Waals surface area contributed by atoms with Crippen LogP contribution < -0.4 is 5.73 Å². The van der Waals surface area contributed by atoms with Crippen LogP contribution in [0.4, 0.5) is 0 Å². The fraction of sp³-hybridized carbons (Fsp3) is 1.00. The van der Waals surface area contributed by atoms with Gasteiger partial charge < -0.3 is 10.8 Å². The highest BCUT2D eigenvalue weighted by molar-refractivity contribution is 7.80. The van der Waals surface area contributed by atoms with Crippen LogP contribution in [0.15, 0.2) is 0 Å². The van der Waals surface area contributed by atoms with Crippen LogP contribution in [0.1, 0.15) is 6.92 Å². The Labute approximate surface area is 49.1 Å². The largest absolute Gasteiger partial charge is 0.392 e. The molecule has 0 saturated heterocycles. The van der Waals surface area contributed by atoms with Crippen LogP contribution in [-0.4, -0.2) is 23.0 Å². The number of thiol groups is 1. The summed E-state index contributed by atoms with van der Waals surface area (Å²) in [6.45, 7) is 1.65. The van der Waals surface area contributed by atoms with E-state index in [1.54, 1.807) is 6.92 Å². The molecule has 0 unspecified atom stereocenters. The second-order valence-electron chi connectivity index (χ2n) is 1.59. The SMILES string of the molecule is C[C@@H](O)[C@H](N)CS. The standard InChI is InChI=1S/C4H11NOS/c1-3(6)4(5)2-7/h3-4,6-7H,2,5H2,1H3/t3-,4-/m1/s1. The zero-order valence-electron chi connectivity index (χ0n) is 4.33. The molecule has 0 radical (unpaired) electrons. The lowest BCUT2D eigenvalue weighted by molar-refractivity contribution is 0.172. The molecule has 0 aliphatic rings. The molecule has 2 atom stereocenters. The van der Waals surface area contributed by atoms with Gasteiger partial charge in [-0.3, -0.25) is 0 Å². The highest BCUT2D eigenvalue weighted by atomic mass is 32.1. The van der Waals surface area contributed by atoms with Gasteiger partial charge in [-0.05, 0) is 6.92 Å².